The molecule has 1 aromatic carbocycles. The molecule has 0 radical (unpaired) electrons. The summed E-state index contributed by atoms with van der Waals surface area (Å²) in [4.78, 5) is 39.5. The predicted octanol–water partition coefficient (Wildman–Crippen LogP) is 4.59. The molecule has 1 amide bonds. The highest BCUT2D eigenvalue weighted by Gasteiger charge is 2.44. The topological polar surface area (TPSA) is 82.1 Å². The number of rotatable bonds is 6. The van der Waals surface area contributed by atoms with Gasteiger partial charge in [0.1, 0.15) is 5.60 Å². The average molecular weight is 454 g/mol. The highest BCUT2D eigenvalue weighted by Crippen LogP contribution is 2.39. The van der Waals surface area contributed by atoms with Crippen molar-refractivity contribution in [3.05, 3.63) is 33.8 Å². The number of hydrogen-bond acceptors (Lipinski definition) is 6. The van der Waals surface area contributed by atoms with Crippen molar-refractivity contribution in [2.24, 2.45) is 5.92 Å². The van der Waals surface area contributed by atoms with Crippen LogP contribution in [0.3, 0.4) is 0 Å². The van der Waals surface area contributed by atoms with Crippen LogP contribution in [-0.2, 0) is 25.4 Å². The van der Waals surface area contributed by atoms with Crippen molar-refractivity contribution in [1.29, 1.82) is 0 Å². The van der Waals surface area contributed by atoms with Crippen LogP contribution in [0.15, 0.2) is 12.1 Å². The molecule has 0 saturated carbocycles. The lowest BCUT2D eigenvalue weighted by atomic mass is 9.84. The summed E-state index contributed by atoms with van der Waals surface area (Å²) in [6.45, 7) is 9.63. The van der Waals surface area contributed by atoms with E-state index in [1.807, 2.05) is 13.0 Å². The van der Waals surface area contributed by atoms with Gasteiger partial charge in [-0.05, 0) is 51.3 Å². The van der Waals surface area contributed by atoms with Gasteiger partial charge in [0.05, 0.1) is 30.2 Å². The van der Waals surface area contributed by atoms with E-state index in [-0.39, 0.29) is 30.3 Å². The lowest BCUT2D eigenvalue weighted by Crippen LogP contribution is -2.36. The number of methoxy groups -OCH3 is 1. The molecule has 0 N–H and O–H groups in total. The van der Waals surface area contributed by atoms with Gasteiger partial charge in [0, 0.05) is 19.0 Å². The first-order valence-corrected chi connectivity index (χ1v) is 10.9. The zero-order chi connectivity index (χ0) is 23.3. The molecular weight excluding hydrogens is 422 g/mol. The molecule has 8 heteroatoms. The third kappa shape index (κ3) is 6.12. The maximum Gasteiger partial charge on any atom is 0.410 e. The molecule has 1 fully saturated rings. The maximum atomic E-state index is 12.7. The molecular formula is C23H32ClNO6. The average Bonchev–Trinajstić information content (AvgIpc) is 3.11. The molecule has 0 aromatic heterocycles. The Morgan fingerprint density at radius 2 is 1.84 bits per heavy atom. The van der Waals surface area contributed by atoms with Crippen LogP contribution in [0.4, 0.5) is 4.79 Å². The fraction of sp³-hybridized carbons (Fsp3) is 0.609. The second-order valence-electron chi connectivity index (χ2n) is 8.63. The van der Waals surface area contributed by atoms with Gasteiger partial charge in [-0.15, -0.1) is 0 Å². The standard InChI is InChI=1S/C23H32ClNO6/c1-7-9-14-10-15(19(18(24)11-14)21(27)30-8-2)16-12-25(13-17(16)20(26)29-6)22(28)31-23(3,4)5/h10-11,16-17H,7-9,12-13H2,1-6H3. The highest BCUT2D eigenvalue weighted by molar-refractivity contribution is 6.33. The molecule has 31 heavy (non-hydrogen) atoms. The largest absolute Gasteiger partial charge is 0.469 e. The van der Waals surface area contributed by atoms with Gasteiger partial charge in [-0.3, -0.25) is 4.79 Å². The van der Waals surface area contributed by atoms with Crippen LogP contribution >= 0.6 is 11.6 Å². The summed E-state index contributed by atoms with van der Waals surface area (Å²) < 4.78 is 15.7. The minimum Gasteiger partial charge on any atom is -0.469 e. The number of carbonyl (C=O) groups excluding carboxylic acids is 3. The van der Waals surface area contributed by atoms with Crippen LogP contribution in [-0.4, -0.2) is 55.3 Å². The molecule has 1 aliphatic rings. The van der Waals surface area contributed by atoms with Crippen LogP contribution in [0, 0.1) is 5.92 Å². The summed E-state index contributed by atoms with van der Waals surface area (Å²) in [5.74, 6) is -2.14. The molecule has 0 spiro atoms. The smallest absolute Gasteiger partial charge is 0.410 e. The van der Waals surface area contributed by atoms with Gasteiger partial charge in [-0.1, -0.05) is 31.0 Å². The van der Waals surface area contributed by atoms with Crippen molar-refractivity contribution >= 4 is 29.6 Å². The molecule has 2 atom stereocenters. The first-order valence-electron chi connectivity index (χ1n) is 10.6. The van der Waals surface area contributed by atoms with Crippen molar-refractivity contribution < 1.29 is 28.6 Å². The molecule has 172 valence electrons. The number of carbonyl (C=O) groups is 3. The van der Waals surface area contributed by atoms with E-state index in [4.69, 9.17) is 25.8 Å². The predicted molar refractivity (Wildman–Crippen MR) is 117 cm³/mol. The Hall–Kier alpha value is -2.28. The second-order valence-corrected chi connectivity index (χ2v) is 9.04. The molecule has 0 bridgehead atoms. The van der Waals surface area contributed by atoms with Crippen molar-refractivity contribution in [2.45, 2.75) is 59.0 Å². The molecule has 0 aliphatic carbocycles. The summed E-state index contributed by atoms with van der Waals surface area (Å²) >= 11 is 6.50. The Bertz CT molecular complexity index is 832. The number of ether oxygens (including phenoxy) is 3. The van der Waals surface area contributed by atoms with Crippen LogP contribution in [0.1, 0.15) is 68.4 Å². The number of nitrogens with zero attached hydrogens (tertiary/aromatic N) is 1. The maximum absolute atomic E-state index is 12.7. The Balaban J connectivity index is 2.54. The van der Waals surface area contributed by atoms with E-state index in [1.165, 1.54) is 12.0 Å². The molecule has 2 unspecified atom stereocenters. The fourth-order valence-corrected chi connectivity index (χ4v) is 4.14. The normalized spacial score (nSPS) is 18.6. The van der Waals surface area contributed by atoms with E-state index >= 15 is 0 Å². The third-order valence-corrected chi connectivity index (χ3v) is 5.37. The van der Waals surface area contributed by atoms with Gasteiger partial charge in [0.15, 0.2) is 0 Å². The van der Waals surface area contributed by atoms with Crippen LogP contribution < -0.4 is 0 Å². The molecule has 1 saturated heterocycles. The summed E-state index contributed by atoms with van der Waals surface area (Å²) in [6.07, 6.45) is 1.14. The second kappa shape index (κ2) is 10.4. The molecule has 1 heterocycles. The molecule has 7 nitrogen and oxygen atoms in total. The SMILES string of the molecule is CCCc1cc(Cl)c(C(=O)OCC)c(C2CN(C(=O)OC(C)(C)C)CC2C(=O)OC)c1. The summed E-state index contributed by atoms with van der Waals surface area (Å²) in [5.41, 5.74) is 1.11. The number of likely N-dealkylation sites (tertiary alicyclic amines) is 1. The van der Waals surface area contributed by atoms with E-state index in [9.17, 15) is 14.4 Å². The van der Waals surface area contributed by atoms with E-state index in [2.05, 4.69) is 0 Å². The first-order chi connectivity index (χ1) is 14.5. The van der Waals surface area contributed by atoms with Gasteiger partial charge < -0.3 is 19.1 Å². The van der Waals surface area contributed by atoms with E-state index < -0.39 is 35.5 Å². The number of esters is 2. The number of halogens is 1. The monoisotopic (exact) mass is 453 g/mol. The molecule has 1 aliphatic heterocycles. The summed E-state index contributed by atoms with van der Waals surface area (Å²) in [6, 6.07) is 3.65. The Morgan fingerprint density at radius 3 is 2.39 bits per heavy atom. The van der Waals surface area contributed by atoms with Gasteiger partial charge in [-0.25, -0.2) is 9.59 Å². The van der Waals surface area contributed by atoms with Gasteiger partial charge in [0.2, 0.25) is 0 Å². The fourth-order valence-electron chi connectivity index (χ4n) is 3.82. The van der Waals surface area contributed by atoms with Crippen molar-refractivity contribution in [2.75, 3.05) is 26.8 Å². The summed E-state index contributed by atoms with van der Waals surface area (Å²) in [5, 5.41) is 0.277. The van der Waals surface area contributed by atoms with E-state index in [1.54, 1.807) is 33.8 Å². The quantitative estimate of drug-likeness (QED) is 0.462. The molecule has 2 rings (SSSR count). The number of hydrogen-bond donors (Lipinski definition) is 0. The zero-order valence-corrected chi connectivity index (χ0v) is 19.9. The Labute approximate surface area is 189 Å². The van der Waals surface area contributed by atoms with Gasteiger partial charge >= 0.3 is 18.0 Å². The summed E-state index contributed by atoms with van der Waals surface area (Å²) in [7, 11) is 1.31. The van der Waals surface area contributed by atoms with Crippen molar-refractivity contribution in [3.8, 4) is 0 Å². The van der Waals surface area contributed by atoms with Crippen molar-refractivity contribution in [3.63, 3.8) is 0 Å². The van der Waals surface area contributed by atoms with Crippen molar-refractivity contribution in [1.82, 2.24) is 4.90 Å². The Morgan fingerprint density at radius 1 is 1.16 bits per heavy atom. The lowest BCUT2D eigenvalue weighted by molar-refractivity contribution is -0.145. The number of amides is 1. The van der Waals surface area contributed by atoms with E-state index in [0.29, 0.717) is 5.56 Å². The zero-order valence-electron chi connectivity index (χ0n) is 19.1. The number of benzene rings is 1. The molecule has 1 aromatic rings. The first kappa shape index (κ1) is 25.0. The minimum absolute atomic E-state index is 0.129. The van der Waals surface area contributed by atoms with Crippen LogP contribution in [0.5, 0.6) is 0 Å². The van der Waals surface area contributed by atoms with Crippen LogP contribution in [0.2, 0.25) is 5.02 Å². The third-order valence-electron chi connectivity index (χ3n) is 5.07. The van der Waals surface area contributed by atoms with E-state index in [0.717, 1.165) is 18.4 Å². The van der Waals surface area contributed by atoms with Gasteiger partial charge in [0.25, 0.3) is 0 Å². The minimum atomic E-state index is -0.670. The number of aryl methyl sites for hydroxylation is 1. The Kier molecular flexibility index (Phi) is 8.34. The van der Waals surface area contributed by atoms with Gasteiger partial charge in [-0.2, -0.15) is 0 Å². The highest BCUT2D eigenvalue weighted by atomic mass is 35.5. The lowest BCUT2D eigenvalue weighted by Gasteiger charge is -2.24. The van der Waals surface area contributed by atoms with Crippen LogP contribution in [0.25, 0.3) is 0 Å².